The second-order valence-corrected chi connectivity index (χ2v) is 1.15. The monoisotopic (exact) mass is 359 g/mol. The Balaban J connectivity index is 0.000000490. The number of hydrogen-bond acceptors (Lipinski definition) is 3. The molecule has 0 aromatic carbocycles. The van der Waals surface area contributed by atoms with Crippen LogP contribution in [0.25, 0.3) is 0 Å². The first-order chi connectivity index (χ1) is 3.39. The predicted octanol–water partition coefficient (Wildman–Crippen LogP) is 0.583. The van der Waals surface area contributed by atoms with Crippen molar-refractivity contribution < 1.29 is 4.74 Å². The molecule has 1 aliphatic rings. The van der Waals surface area contributed by atoms with Gasteiger partial charge in [-0.2, -0.15) is 0 Å². The molecule has 1 rings (SSSR count). The third kappa shape index (κ3) is 1.01. The smallest absolute Gasteiger partial charge is 0.0667 e. The van der Waals surface area contributed by atoms with Crippen molar-refractivity contribution in [3.8, 4) is 0 Å². The van der Waals surface area contributed by atoms with Crippen molar-refractivity contribution in [1.29, 1.82) is 0 Å². The Labute approximate surface area is 41.7 Å². The standard InChI is InChI=1S/C4H5N2O.Lr/c1-4-5-2-7-3-6-4;/h2-3H,1H3;/q-1;. The molecule has 0 aromatic rings. The summed E-state index contributed by atoms with van der Waals surface area (Å²) >= 11 is 0. The third-order valence-corrected chi connectivity index (χ3v) is 0.601. The summed E-state index contributed by atoms with van der Waals surface area (Å²) in [5.74, 6) is 0. The van der Waals surface area contributed by atoms with Gasteiger partial charge in [0.15, 0.2) is 0 Å². The molecule has 1 aliphatic heterocycles. The van der Waals surface area contributed by atoms with Crippen molar-refractivity contribution in [2.45, 2.75) is 6.92 Å². The van der Waals surface area contributed by atoms with Crippen molar-refractivity contribution in [2.24, 2.45) is 9.98 Å². The first-order valence-electron chi connectivity index (χ1n) is 1.94. The Hall–Kier alpha value is -1.99. The molecule has 0 fully saturated rings. The zero-order valence-corrected chi connectivity index (χ0v) is 6.37. The van der Waals surface area contributed by atoms with Crippen molar-refractivity contribution in [2.75, 3.05) is 0 Å². The quantitative estimate of drug-likeness (QED) is 0.583. The normalized spacial score (nSPS) is 14.9. The van der Waals surface area contributed by atoms with Crippen LogP contribution in [0.3, 0.4) is 0 Å². The summed E-state index contributed by atoms with van der Waals surface area (Å²) in [6, 6.07) is 0. The van der Waals surface area contributed by atoms with E-state index in [2.05, 4.69) is 14.7 Å². The Morgan fingerprint density at radius 3 is 2.12 bits per heavy atom. The first kappa shape index (κ1) is 6.01. The molecular formula is C4H5LrN2O-. The van der Waals surface area contributed by atoms with Gasteiger partial charge in [-0.3, -0.25) is 0 Å². The van der Waals surface area contributed by atoms with Gasteiger partial charge in [0, 0.05) is 6.17 Å². The van der Waals surface area contributed by atoms with E-state index < -0.39 is 0 Å². The summed E-state index contributed by atoms with van der Waals surface area (Å²) in [7, 11) is 0. The van der Waals surface area contributed by atoms with Crippen molar-refractivity contribution >= 4 is 12.8 Å². The average molecular weight is 359 g/mol. The van der Waals surface area contributed by atoms with Crippen LogP contribution in [0.15, 0.2) is 9.98 Å². The van der Waals surface area contributed by atoms with Gasteiger partial charge in [0.2, 0.25) is 0 Å². The van der Waals surface area contributed by atoms with E-state index in [4.69, 9.17) is 0 Å². The van der Waals surface area contributed by atoms with E-state index in [1.807, 2.05) is 0 Å². The molecule has 4 heteroatoms. The van der Waals surface area contributed by atoms with Crippen molar-refractivity contribution in [3.63, 3.8) is 0 Å². The summed E-state index contributed by atoms with van der Waals surface area (Å²) in [6.45, 7) is 1.80. The van der Waals surface area contributed by atoms with E-state index in [9.17, 15) is 0 Å². The average Bonchev–Trinajstić information content (AvgIpc) is 1.69. The minimum absolute atomic E-state index is 0. The maximum atomic E-state index is 4.54. The number of nitrogens with zero attached hydrogens (tertiary/aromatic N) is 2. The molecule has 0 aromatic heterocycles. The maximum Gasteiger partial charge on any atom is 0.0667 e. The van der Waals surface area contributed by atoms with Gasteiger partial charge < -0.3 is 14.7 Å². The molecule has 53 valence electrons. The Bertz CT molecular complexity index is 101. The molecule has 8 heavy (non-hydrogen) atoms. The van der Waals surface area contributed by atoms with Gasteiger partial charge in [-0.15, -0.1) is 0 Å². The minimum atomic E-state index is 0. The van der Waals surface area contributed by atoms with Gasteiger partial charge in [0.05, 0.1) is 12.8 Å². The largest absolute Gasteiger partial charge is 0.555 e. The summed E-state index contributed by atoms with van der Waals surface area (Å²) in [5, 5.41) is 0. The summed E-state index contributed by atoms with van der Waals surface area (Å²) in [6.07, 6.45) is 3.43. The zero-order chi connectivity index (χ0) is 5.11. The van der Waals surface area contributed by atoms with E-state index in [1.165, 1.54) is 12.8 Å². The second-order valence-electron chi connectivity index (χ2n) is 1.15. The van der Waals surface area contributed by atoms with Gasteiger partial charge in [0.1, 0.15) is 0 Å². The van der Waals surface area contributed by atoms with Crippen LogP contribution in [-0.4, -0.2) is 12.8 Å². The molecule has 1 heterocycles. The summed E-state index contributed by atoms with van der Waals surface area (Å²) in [5.41, 5.74) is 0. The fraction of sp³-hybridized carbons (Fsp3) is 0.250. The predicted molar refractivity (Wildman–Crippen MR) is 27.0 cm³/mol. The molecule has 0 bridgehead atoms. The summed E-state index contributed by atoms with van der Waals surface area (Å²) in [4.78, 5) is 7.40. The van der Waals surface area contributed by atoms with Crippen LogP contribution in [0.2, 0.25) is 0 Å². The Morgan fingerprint density at radius 1 is 1.38 bits per heavy atom. The van der Waals surface area contributed by atoms with Gasteiger partial charge >= 0.3 is 0 Å². The second kappa shape index (κ2) is 2.23. The fourth-order valence-electron chi connectivity index (χ4n) is 0.274. The van der Waals surface area contributed by atoms with Gasteiger partial charge in [0.25, 0.3) is 0 Å². The number of hydrogen-bond donors (Lipinski definition) is 0. The molecule has 0 N–H and O–H groups in total. The van der Waals surface area contributed by atoms with Crippen LogP contribution in [0, 0.1) is 6.17 Å². The van der Waals surface area contributed by atoms with Crippen LogP contribution >= 0.6 is 0 Å². The Morgan fingerprint density at radius 2 is 1.88 bits per heavy atom. The van der Waals surface area contributed by atoms with Gasteiger partial charge in [-0.05, 0) is 0 Å². The SMILES string of the molecule is C[C-]1N=COC=N1.[Lr]. The zero-order valence-electron chi connectivity index (χ0n) is 4.22. The minimum Gasteiger partial charge on any atom is -0.555 e. The van der Waals surface area contributed by atoms with Gasteiger partial charge in [-0.1, -0.05) is 6.92 Å². The van der Waals surface area contributed by atoms with Crippen LogP contribution < -0.4 is 0 Å². The van der Waals surface area contributed by atoms with Crippen LogP contribution in [0.4, 0.5) is 0 Å². The third-order valence-electron chi connectivity index (χ3n) is 0.601. The molecule has 3 nitrogen and oxygen atoms in total. The summed E-state index contributed by atoms with van der Waals surface area (Å²) < 4.78 is 4.54. The number of rotatable bonds is 0. The maximum absolute atomic E-state index is 4.54. The van der Waals surface area contributed by atoms with E-state index in [-0.39, 0.29) is 0 Å². The topological polar surface area (TPSA) is 34.0 Å². The number of aliphatic imine (C=N–C) groups is 2. The van der Waals surface area contributed by atoms with Crippen molar-refractivity contribution in [3.05, 3.63) is 6.17 Å². The van der Waals surface area contributed by atoms with Crippen LogP contribution in [0.1, 0.15) is 6.92 Å². The molecule has 0 unspecified atom stereocenters. The molecule has 0 saturated heterocycles. The molecule has 0 saturated carbocycles. The van der Waals surface area contributed by atoms with Gasteiger partial charge in [-0.25, -0.2) is 0 Å². The fourth-order valence-corrected chi connectivity index (χ4v) is 0.274. The molecule has 0 amide bonds. The van der Waals surface area contributed by atoms with Crippen LogP contribution in [0.5, 0.6) is 0 Å². The van der Waals surface area contributed by atoms with E-state index >= 15 is 0 Å². The molecule has 0 spiro atoms. The van der Waals surface area contributed by atoms with E-state index in [1.54, 1.807) is 6.92 Å². The molecular weight excluding hydrogens is 354 g/mol. The molecule has 1 radical (unpaired) electrons. The first-order valence-corrected chi connectivity index (χ1v) is 1.94. The van der Waals surface area contributed by atoms with E-state index in [0.29, 0.717) is 0 Å². The van der Waals surface area contributed by atoms with E-state index in [0.717, 1.165) is 6.17 Å². The number of ether oxygens (including phenoxy) is 1. The molecule has 0 aliphatic carbocycles. The molecule has 0 atom stereocenters. The Kier molecular flexibility index (Phi) is 1.68. The van der Waals surface area contributed by atoms with Crippen molar-refractivity contribution in [1.82, 2.24) is 0 Å². The van der Waals surface area contributed by atoms with Crippen LogP contribution in [-0.2, 0) is 4.74 Å².